The highest BCUT2D eigenvalue weighted by molar-refractivity contribution is 5.71. The molecule has 1 atom stereocenters. The van der Waals surface area contributed by atoms with Crippen molar-refractivity contribution >= 4 is 17.9 Å². The van der Waals surface area contributed by atoms with E-state index in [9.17, 15) is 14.4 Å². The van der Waals surface area contributed by atoms with E-state index in [4.69, 9.17) is 14.2 Å². The third-order valence-electron chi connectivity index (χ3n) is 11.0. The highest BCUT2D eigenvalue weighted by Gasteiger charge is 2.19. The number of unbranched alkanes of at least 4 members (excludes halogenated alkanes) is 19. The Morgan fingerprint density at radius 3 is 1.12 bits per heavy atom. The fourth-order valence-electron chi connectivity index (χ4n) is 7.00. The maximum absolute atomic E-state index is 12.8. The van der Waals surface area contributed by atoms with Crippen molar-refractivity contribution in [2.75, 3.05) is 13.2 Å². The van der Waals surface area contributed by atoms with Crippen LogP contribution in [0.3, 0.4) is 0 Å². The van der Waals surface area contributed by atoms with Crippen molar-refractivity contribution < 1.29 is 28.6 Å². The lowest BCUT2D eigenvalue weighted by atomic mass is 10.1. The van der Waals surface area contributed by atoms with E-state index in [0.717, 1.165) is 103 Å². The lowest BCUT2D eigenvalue weighted by molar-refractivity contribution is -0.167. The molecule has 0 aliphatic rings. The predicted molar refractivity (Wildman–Crippen MR) is 288 cm³/mol. The number of carbonyl (C=O) groups is 3. The molecule has 378 valence electrons. The minimum atomic E-state index is -0.821. The molecule has 0 rings (SSSR count). The minimum absolute atomic E-state index is 0.112. The van der Waals surface area contributed by atoms with Gasteiger partial charge in [-0.15, -0.1) is 0 Å². The Morgan fingerprint density at radius 1 is 0.328 bits per heavy atom. The van der Waals surface area contributed by atoms with Crippen molar-refractivity contribution in [1.82, 2.24) is 0 Å². The maximum atomic E-state index is 12.8. The normalized spacial score (nSPS) is 13.1. The monoisotopic (exact) mass is 927 g/mol. The Labute approximate surface area is 412 Å². The zero-order valence-electron chi connectivity index (χ0n) is 43.1. The quantitative estimate of drug-likeness (QED) is 0.0199. The van der Waals surface area contributed by atoms with Gasteiger partial charge in [0.05, 0.1) is 0 Å². The molecule has 0 radical (unpaired) electrons. The Bertz CT molecular complexity index is 1440. The molecule has 0 saturated carbocycles. The second-order valence-corrected chi connectivity index (χ2v) is 17.5. The summed E-state index contributed by atoms with van der Waals surface area (Å²) in [5.41, 5.74) is 0. The van der Waals surface area contributed by atoms with Crippen molar-refractivity contribution in [1.29, 1.82) is 0 Å². The molecule has 0 aliphatic carbocycles. The maximum Gasteiger partial charge on any atom is 0.306 e. The third-order valence-corrected chi connectivity index (χ3v) is 11.0. The molecule has 0 aromatic heterocycles. The lowest BCUT2D eigenvalue weighted by Crippen LogP contribution is -2.30. The van der Waals surface area contributed by atoms with E-state index < -0.39 is 6.10 Å². The Balaban J connectivity index is 4.50. The summed E-state index contributed by atoms with van der Waals surface area (Å²) in [7, 11) is 0. The molecule has 67 heavy (non-hydrogen) atoms. The van der Waals surface area contributed by atoms with Gasteiger partial charge in [-0.2, -0.15) is 0 Å². The largest absolute Gasteiger partial charge is 0.462 e. The number of carbonyl (C=O) groups excluding carboxylic acids is 3. The number of hydrogen-bond donors (Lipinski definition) is 0. The van der Waals surface area contributed by atoms with Crippen LogP contribution in [-0.4, -0.2) is 37.2 Å². The first-order chi connectivity index (χ1) is 33.0. The van der Waals surface area contributed by atoms with Crippen LogP contribution in [0.5, 0.6) is 0 Å². The van der Waals surface area contributed by atoms with E-state index in [0.29, 0.717) is 19.3 Å². The minimum Gasteiger partial charge on any atom is -0.462 e. The fraction of sp³-hybridized carbons (Fsp3) is 0.623. The number of allylic oxidation sites excluding steroid dienone is 20. The van der Waals surface area contributed by atoms with Crippen LogP contribution in [0.4, 0.5) is 0 Å². The lowest BCUT2D eigenvalue weighted by Gasteiger charge is -2.18. The summed E-state index contributed by atoms with van der Waals surface area (Å²) in [6.07, 6.45) is 74.7. The molecule has 1 unspecified atom stereocenters. The zero-order valence-corrected chi connectivity index (χ0v) is 43.1. The van der Waals surface area contributed by atoms with E-state index in [1.54, 1.807) is 0 Å². The van der Waals surface area contributed by atoms with Crippen molar-refractivity contribution in [2.24, 2.45) is 0 Å². The van der Waals surface area contributed by atoms with Gasteiger partial charge in [-0.1, -0.05) is 226 Å². The molecule has 0 spiro atoms. The second kappa shape index (κ2) is 54.4. The van der Waals surface area contributed by atoms with Crippen LogP contribution in [0.25, 0.3) is 0 Å². The van der Waals surface area contributed by atoms with E-state index in [-0.39, 0.29) is 37.5 Å². The molecule has 0 aliphatic heterocycles. The third kappa shape index (κ3) is 52.6. The van der Waals surface area contributed by atoms with Crippen LogP contribution < -0.4 is 0 Å². The molecule has 0 heterocycles. The first kappa shape index (κ1) is 62.8. The molecule has 6 heteroatoms. The molecule has 0 amide bonds. The molecule has 0 saturated heterocycles. The Hall–Kier alpha value is -4.19. The molecule has 0 N–H and O–H groups in total. The first-order valence-corrected chi connectivity index (χ1v) is 27.1. The number of esters is 3. The summed E-state index contributed by atoms with van der Waals surface area (Å²) >= 11 is 0. The van der Waals surface area contributed by atoms with Crippen LogP contribution >= 0.6 is 0 Å². The molecule has 0 aromatic carbocycles. The van der Waals surface area contributed by atoms with Gasteiger partial charge in [0.15, 0.2) is 6.10 Å². The van der Waals surface area contributed by atoms with Gasteiger partial charge in [-0.25, -0.2) is 0 Å². The van der Waals surface area contributed by atoms with E-state index >= 15 is 0 Å². The molecular formula is C61H98O6. The van der Waals surface area contributed by atoms with E-state index in [1.807, 2.05) is 0 Å². The molecule has 0 bridgehead atoms. The van der Waals surface area contributed by atoms with Gasteiger partial charge in [0, 0.05) is 19.3 Å². The molecule has 0 fully saturated rings. The Kier molecular flexibility index (Phi) is 51.0. The SMILES string of the molecule is CC\C=C/C=C\C=C/CCCCCCCC(=O)OCC(COC(=O)CCCCCCCCCCCC/C=C\C=C/CCCCC)OC(=O)CCC/C=C\C/C=C\C/C=C\C/C=C\C/C=C\CC. The average molecular weight is 927 g/mol. The highest BCUT2D eigenvalue weighted by atomic mass is 16.6. The van der Waals surface area contributed by atoms with Gasteiger partial charge in [-0.3, -0.25) is 14.4 Å². The van der Waals surface area contributed by atoms with Gasteiger partial charge >= 0.3 is 17.9 Å². The average Bonchev–Trinajstić information content (AvgIpc) is 3.33. The van der Waals surface area contributed by atoms with Crippen LogP contribution in [0, 0.1) is 0 Å². The zero-order chi connectivity index (χ0) is 48.6. The van der Waals surface area contributed by atoms with Crippen LogP contribution in [-0.2, 0) is 28.6 Å². The van der Waals surface area contributed by atoms with Gasteiger partial charge < -0.3 is 14.2 Å². The summed E-state index contributed by atoms with van der Waals surface area (Å²) in [6.45, 7) is 6.29. The predicted octanol–water partition coefficient (Wildman–Crippen LogP) is 18.1. The molecule has 6 nitrogen and oxygen atoms in total. The highest BCUT2D eigenvalue weighted by Crippen LogP contribution is 2.14. The smallest absolute Gasteiger partial charge is 0.306 e. The summed E-state index contributed by atoms with van der Waals surface area (Å²) in [6, 6.07) is 0. The van der Waals surface area contributed by atoms with Gasteiger partial charge in [0.25, 0.3) is 0 Å². The second-order valence-electron chi connectivity index (χ2n) is 17.5. The van der Waals surface area contributed by atoms with Crippen LogP contribution in [0.1, 0.15) is 226 Å². The van der Waals surface area contributed by atoms with Crippen LogP contribution in [0.15, 0.2) is 122 Å². The van der Waals surface area contributed by atoms with Gasteiger partial charge in [0.1, 0.15) is 13.2 Å². The Morgan fingerprint density at radius 2 is 0.672 bits per heavy atom. The van der Waals surface area contributed by atoms with E-state index in [1.165, 1.54) is 77.0 Å². The summed E-state index contributed by atoms with van der Waals surface area (Å²) in [5, 5.41) is 0. The number of ether oxygens (including phenoxy) is 3. The van der Waals surface area contributed by atoms with Crippen molar-refractivity contribution in [3.63, 3.8) is 0 Å². The number of hydrogen-bond acceptors (Lipinski definition) is 6. The van der Waals surface area contributed by atoms with Crippen LogP contribution in [0.2, 0.25) is 0 Å². The fourth-order valence-corrected chi connectivity index (χ4v) is 7.00. The number of rotatable bonds is 47. The van der Waals surface area contributed by atoms with Crippen molar-refractivity contribution in [2.45, 2.75) is 232 Å². The van der Waals surface area contributed by atoms with Gasteiger partial charge in [0.2, 0.25) is 0 Å². The molecular weight excluding hydrogens is 829 g/mol. The summed E-state index contributed by atoms with van der Waals surface area (Å²) in [5.74, 6) is -1.00. The summed E-state index contributed by atoms with van der Waals surface area (Å²) in [4.78, 5) is 38.1. The standard InChI is InChI=1S/C61H98O6/c1-4-7-10-13-16-19-22-25-27-29-30-32-33-36-39-42-45-48-51-54-60(63)66-57-58(56-65-59(62)53-50-47-44-41-38-35-24-21-18-15-12-9-6-3)67-61(64)55-52-49-46-43-40-37-34-31-28-26-23-20-17-14-11-8-5-2/h8-9,11-12,15-22,24-26,28,34,37,43,46,58H,4-7,10,13-14,23,27,29-33,35-36,38-42,44-45,47-57H2,1-3H3/b11-8-,12-9-,18-15-,19-16-,20-17-,24-21-,25-22-,28-26-,37-34-,46-43-. The topological polar surface area (TPSA) is 78.9 Å². The van der Waals surface area contributed by atoms with Gasteiger partial charge in [-0.05, 0) is 103 Å². The van der Waals surface area contributed by atoms with Crippen molar-refractivity contribution in [3.8, 4) is 0 Å². The summed E-state index contributed by atoms with van der Waals surface area (Å²) < 4.78 is 16.8. The van der Waals surface area contributed by atoms with Crippen molar-refractivity contribution in [3.05, 3.63) is 122 Å². The van der Waals surface area contributed by atoms with E-state index in [2.05, 4.69) is 142 Å². The molecule has 0 aromatic rings. The first-order valence-electron chi connectivity index (χ1n) is 27.1.